The van der Waals surface area contributed by atoms with Gasteiger partial charge >= 0.3 is 5.97 Å². The highest BCUT2D eigenvalue weighted by Crippen LogP contribution is 2.69. The smallest absolute Gasteiger partial charge is 0.303 e. The number of aliphatic hydroxyl groups is 1. The van der Waals surface area contributed by atoms with E-state index in [9.17, 15) is 15.0 Å². The molecule has 8 aliphatic heterocycles. The number of aromatic hydroxyl groups is 1. The van der Waals surface area contributed by atoms with Crippen molar-refractivity contribution in [3.63, 3.8) is 0 Å². The molecular weight excluding hydrogens is 1020 g/mol. The fourth-order valence-corrected chi connectivity index (χ4v) is 26.4. The number of amides is 1. The van der Waals surface area contributed by atoms with Gasteiger partial charge in [-0.2, -0.15) is 0 Å². The standard InChI is InChI=1S/C67H88N4O6S2/c1-42(72)76-66-35-47-14-16-51(66)32-48-30-49(58(75)59-57(48)45-19-29-65(77-59)25-8-13-50(65)31-45)38-71-41-64(37-55(71)74)53(44-11-3-2-4-12-44)20-28-63(64)23-7-10-43-18-27-62(33-43)24-9-26-67(62,70-60(68)69-40-63)79-78-39-52-17-15-46(56(47)54(73)36-66)34-61(52)21-5-6-22-61/h2-4,11-12,30,43,45-47,50-54,56,73,75H,5-6,8-10,13-22,24-29,31-41H2,1H3,(H3,68,69,70)/t43-,45+,46-,47+,50+,51-,52-,53+,54-,56-,62+,63-,64+,65-,66+,67-/m1/s1. The Labute approximate surface area is 478 Å². The summed E-state index contributed by atoms with van der Waals surface area (Å²) in [5, 5.41) is 29.9. The lowest BCUT2D eigenvalue weighted by Crippen LogP contribution is -2.58. The molecule has 10 nitrogen and oxygen atoms in total. The normalized spacial score (nSPS) is 44.5. The van der Waals surface area contributed by atoms with Gasteiger partial charge in [-0.05, 0) is 218 Å². The molecular formula is C67H88N4O6S2. The lowest BCUT2D eigenvalue weighted by Gasteiger charge is -2.57. The molecule has 2 aromatic rings. The van der Waals surface area contributed by atoms with Gasteiger partial charge in [0.2, 0.25) is 5.91 Å². The molecule has 6 spiro atoms. The van der Waals surface area contributed by atoms with Crippen LogP contribution in [0.2, 0.25) is 0 Å². The van der Waals surface area contributed by atoms with E-state index in [1.54, 1.807) is 6.92 Å². The highest BCUT2D eigenvalue weighted by atomic mass is 33.1. The van der Waals surface area contributed by atoms with Gasteiger partial charge in [-0.15, -0.1) is 5.92 Å². The Balaban J connectivity index is 0.873. The molecule has 0 aromatic heterocycles. The van der Waals surface area contributed by atoms with Crippen LogP contribution in [-0.2, 0) is 27.3 Å². The highest BCUT2D eigenvalue weighted by Gasteiger charge is 2.66. The minimum absolute atomic E-state index is 0.000658. The molecule has 19 rings (SSSR count). The molecule has 17 aliphatic rings. The first-order chi connectivity index (χ1) is 38.3. The van der Waals surface area contributed by atoms with Crippen molar-refractivity contribution in [2.45, 2.75) is 227 Å². The Morgan fingerprint density at radius 2 is 1.71 bits per heavy atom. The summed E-state index contributed by atoms with van der Waals surface area (Å²) in [5.41, 5.74) is 9.91. The second-order valence-electron chi connectivity index (χ2n) is 29.2. The van der Waals surface area contributed by atoms with Crippen LogP contribution in [0, 0.1) is 74.9 Å². The molecule has 10 fully saturated rings. The lowest BCUT2D eigenvalue weighted by molar-refractivity contribution is -0.201. The number of fused-ring (bicyclic) bond motifs is 2. The largest absolute Gasteiger partial charge is 0.504 e. The Morgan fingerprint density at radius 1 is 0.873 bits per heavy atom. The van der Waals surface area contributed by atoms with E-state index in [2.05, 4.69) is 80.0 Å². The predicted octanol–water partition coefficient (Wildman–Crippen LogP) is 12.9. The minimum atomic E-state index is -0.776. The van der Waals surface area contributed by atoms with Crippen molar-refractivity contribution in [1.29, 1.82) is 0 Å². The van der Waals surface area contributed by atoms with Gasteiger partial charge in [-0.3, -0.25) is 14.6 Å². The van der Waals surface area contributed by atoms with Crippen LogP contribution in [0.3, 0.4) is 0 Å². The molecule has 79 heavy (non-hydrogen) atoms. The summed E-state index contributed by atoms with van der Waals surface area (Å²) in [6.07, 6.45) is 28.5. The number of hydrogen-bond donors (Lipinski definition) is 4. The summed E-state index contributed by atoms with van der Waals surface area (Å²) >= 11 is 0. The first-order valence-electron chi connectivity index (χ1n) is 31.9. The van der Waals surface area contributed by atoms with Crippen LogP contribution >= 0.6 is 21.6 Å². The maximum Gasteiger partial charge on any atom is 0.303 e. The number of ether oxygens (including phenoxy) is 2. The van der Waals surface area contributed by atoms with E-state index in [-0.39, 0.29) is 63.7 Å². The number of aliphatic hydroxyl groups excluding tert-OH is 1. The second kappa shape index (κ2) is 19.3. The highest BCUT2D eigenvalue weighted by molar-refractivity contribution is 8.77. The van der Waals surface area contributed by atoms with Gasteiger partial charge in [0.05, 0.1) is 18.1 Å². The summed E-state index contributed by atoms with van der Waals surface area (Å²) in [6, 6.07) is 13.1. The van der Waals surface area contributed by atoms with Gasteiger partial charge in [0, 0.05) is 72.9 Å². The number of aliphatic imine (C=N–C) groups is 1. The Morgan fingerprint density at radius 3 is 2.56 bits per heavy atom. The van der Waals surface area contributed by atoms with E-state index < -0.39 is 22.5 Å². The van der Waals surface area contributed by atoms with E-state index in [1.807, 2.05) is 0 Å². The van der Waals surface area contributed by atoms with Crippen LogP contribution in [0.4, 0.5) is 0 Å². The first kappa shape index (κ1) is 52.3. The number of phenolic OH excluding ortho intramolecular Hbond substituents is 1. The molecule has 9 saturated carbocycles. The van der Waals surface area contributed by atoms with Crippen molar-refractivity contribution in [3.05, 3.63) is 58.7 Å². The Kier molecular flexibility index (Phi) is 12.7. The Bertz CT molecular complexity index is 2860. The SMILES string of the molecule is CC(=O)O[C@]12C[C@@H]3CC[C@@H]1Cc1cc(c(O)c4c1[C@H]1CC[C@@]5(CCC[C@H]5C1)O4)CN1C[C@@]4(CC1=O)[C@H](c1ccccc1)CC[C@@]41C#CC[C@@H]4CC[C@@]5(CCC[C@@]5(NC(N)=NC1)SSC[C@H]1CC[C@H](CC15CCCC5)[C@H]3[C@H](O)C2)C4. The molecule has 424 valence electrons. The van der Waals surface area contributed by atoms with Gasteiger partial charge in [0.25, 0.3) is 0 Å². The number of benzene rings is 2. The van der Waals surface area contributed by atoms with Gasteiger partial charge in [-0.1, -0.05) is 70.7 Å². The van der Waals surface area contributed by atoms with Crippen LogP contribution in [0.25, 0.3) is 0 Å². The van der Waals surface area contributed by atoms with Crippen molar-refractivity contribution >= 4 is 39.4 Å². The molecule has 1 amide bonds. The van der Waals surface area contributed by atoms with E-state index in [1.165, 1.54) is 75.3 Å². The number of carbonyl (C=O) groups is 2. The van der Waals surface area contributed by atoms with Crippen molar-refractivity contribution in [2.24, 2.45) is 73.8 Å². The van der Waals surface area contributed by atoms with E-state index in [4.69, 9.17) is 20.2 Å². The van der Waals surface area contributed by atoms with E-state index in [0.29, 0.717) is 79.1 Å². The third-order valence-corrected chi connectivity index (χ3v) is 29.1. The molecule has 8 heterocycles. The zero-order chi connectivity index (χ0) is 53.6. The quantitative estimate of drug-likeness (QED) is 0.130. The van der Waals surface area contributed by atoms with Crippen LogP contribution in [0.1, 0.15) is 214 Å². The van der Waals surface area contributed by atoms with Gasteiger partial charge < -0.3 is 35.6 Å². The summed E-state index contributed by atoms with van der Waals surface area (Å²) in [7, 11) is 4.24. The summed E-state index contributed by atoms with van der Waals surface area (Å²) in [5.74, 6) is 13.3. The molecule has 12 heteroatoms. The fraction of sp³-hybridized carbons (Fsp3) is 0.746. The van der Waals surface area contributed by atoms with Crippen molar-refractivity contribution in [1.82, 2.24) is 10.2 Å². The molecule has 2 aromatic carbocycles. The summed E-state index contributed by atoms with van der Waals surface area (Å²) in [6.45, 7) is 2.79. The number of guanidine groups is 1. The van der Waals surface area contributed by atoms with Crippen LogP contribution in [0.5, 0.6) is 11.5 Å². The second-order valence-corrected chi connectivity index (χ2v) is 31.8. The average Bonchev–Trinajstić information content (AvgIpc) is 4.41. The Hall–Kier alpha value is -3.53. The number of nitrogens with one attached hydrogen (secondary N) is 1. The molecule has 16 bridgehead atoms. The zero-order valence-corrected chi connectivity index (χ0v) is 48.8. The maximum absolute atomic E-state index is 15.4. The number of nitrogens with zero attached hydrogens (tertiary/aromatic N) is 2. The van der Waals surface area contributed by atoms with Gasteiger partial charge in [-0.25, -0.2) is 0 Å². The van der Waals surface area contributed by atoms with E-state index in [0.717, 1.165) is 113 Å². The average molecular weight is 1110 g/mol. The third-order valence-electron chi connectivity index (χ3n) is 25.8. The van der Waals surface area contributed by atoms with E-state index >= 15 is 4.79 Å². The van der Waals surface area contributed by atoms with Crippen molar-refractivity contribution in [3.8, 4) is 23.3 Å². The number of esters is 1. The van der Waals surface area contributed by atoms with Crippen molar-refractivity contribution in [2.75, 3.05) is 18.8 Å². The van der Waals surface area contributed by atoms with Crippen molar-refractivity contribution < 1.29 is 29.3 Å². The molecule has 0 radical (unpaired) electrons. The number of nitrogens with two attached hydrogens (primary N) is 1. The fourth-order valence-electron chi connectivity index (χ4n) is 22.4. The first-order valence-corrected chi connectivity index (χ1v) is 34.2. The summed E-state index contributed by atoms with van der Waals surface area (Å²) in [4.78, 5) is 36.2. The molecule has 9 aliphatic carbocycles. The molecule has 5 N–H and O–H groups in total. The number of rotatable bonds is 2. The number of phenols is 1. The monoisotopic (exact) mass is 1110 g/mol. The number of carbonyl (C=O) groups excluding carboxylic acids is 2. The minimum Gasteiger partial charge on any atom is -0.504 e. The zero-order valence-electron chi connectivity index (χ0n) is 47.2. The summed E-state index contributed by atoms with van der Waals surface area (Å²) < 4.78 is 14.2. The van der Waals surface area contributed by atoms with Crippen LogP contribution in [0.15, 0.2) is 41.4 Å². The predicted molar refractivity (Wildman–Crippen MR) is 312 cm³/mol. The maximum atomic E-state index is 15.4. The lowest BCUT2D eigenvalue weighted by atomic mass is 9.51. The van der Waals surface area contributed by atoms with Crippen LogP contribution in [-0.4, -0.2) is 74.0 Å². The van der Waals surface area contributed by atoms with Crippen LogP contribution < -0.4 is 15.8 Å². The number of hydrogen-bond acceptors (Lipinski definition) is 11. The van der Waals surface area contributed by atoms with Gasteiger partial charge in [0.15, 0.2) is 17.5 Å². The molecule has 1 saturated heterocycles. The van der Waals surface area contributed by atoms with Gasteiger partial charge in [0.1, 0.15) is 16.1 Å². The molecule has 16 atom stereocenters. The molecule has 0 unspecified atom stereocenters. The third kappa shape index (κ3) is 8.12. The topological polar surface area (TPSA) is 147 Å².